The fraction of sp³-hybridized carbons (Fsp3) is 1.00. The summed E-state index contributed by atoms with van der Waals surface area (Å²) >= 11 is 0. The van der Waals surface area contributed by atoms with Gasteiger partial charge in [0.1, 0.15) is 0 Å². The van der Waals surface area contributed by atoms with Gasteiger partial charge in [0.15, 0.2) is 0 Å². The SMILES string of the molecule is CC[C@@H]1C[C@@H](ON)CCN1. The Hall–Kier alpha value is -0.120. The molecule has 1 aliphatic rings. The van der Waals surface area contributed by atoms with Crippen LogP contribution in [0.2, 0.25) is 0 Å². The van der Waals surface area contributed by atoms with Crippen molar-refractivity contribution in [2.45, 2.75) is 38.3 Å². The Morgan fingerprint density at radius 2 is 2.50 bits per heavy atom. The molecule has 3 N–H and O–H groups in total. The number of nitrogens with one attached hydrogen (secondary N) is 1. The molecule has 0 saturated carbocycles. The van der Waals surface area contributed by atoms with Crippen LogP contribution >= 0.6 is 0 Å². The van der Waals surface area contributed by atoms with Crippen LogP contribution in [0.1, 0.15) is 26.2 Å². The second-order valence-corrected chi connectivity index (χ2v) is 2.84. The largest absolute Gasteiger partial charge is 0.314 e. The summed E-state index contributed by atoms with van der Waals surface area (Å²) in [6.45, 7) is 3.22. The van der Waals surface area contributed by atoms with Crippen LogP contribution in [0.4, 0.5) is 0 Å². The lowest BCUT2D eigenvalue weighted by molar-refractivity contribution is 0.0209. The van der Waals surface area contributed by atoms with Gasteiger partial charge in [-0.2, -0.15) is 0 Å². The molecule has 10 heavy (non-hydrogen) atoms. The van der Waals surface area contributed by atoms with Crippen LogP contribution in [0.3, 0.4) is 0 Å². The highest BCUT2D eigenvalue weighted by Gasteiger charge is 2.19. The summed E-state index contributed by atoms with van der Waals surface area (Å²) in [6, 6.07) is 0.613. The first-order chi connectivity index (χ1) is 4.86. The normalized spacial score (nSPS) is 34.2. The van der Waals surface area contributed by atoms with Crippen molar-refractivity contribution in [3.05, 3.63) is 0 Å². The summed E-state index contributed by atoms with van der Waals surface area (Å²) in [6.07, 6.45) is 3.56. The van der Waals surface area contributed by atoms with Crippen LogP contribution in [0, 0.1) is 0 Å². The summed E-state index contributed by atoms with van der Waals surface area (Å²) in [4.78, 5) is 4.78. The van der Waals surface area contributed by atoms with Crippen molar-refractivity contribution in [3.63, 3.8) is 0 Å². The molecule has 0 aromatic heterocycles. The number of piperidine rings is 1. The van der Waals surface area contributed by atoms with E-state index in [2.05, 4.69) is 12.2 Å². The molecule has 0 aliphatic carbocycles. The zero-order valence-corrected chi connectivity index (χ0v) is 6.47. The molecule has 0 spiro atoms. The van der Waals surface area contributed by atoms with Crippen LogP contribution in [0.15, 0.2) is 0 Å². The predicted molar refractivity (Wildman–Crippen MR) is 40.4 cm³/mol. The Morgan fingerprint density at radius 1 is 1.70 bits per heavy atom. The Labute approximate surface area is 61.9 Å². The second-order valence-electron chi connectivity index (χ2n) is 2.84. The van der Waals surface area contributed by atoms with E-state index in [9.17, 15) is 0 Å². The molecule has 1 aliphatic heterocycles. The highest BCUT2D eigenvalue weighted by Crippen LogP contribution is 2.12. The van der Waals surface area contributed by atoms with E-state index in [4.69, 9.17) is 10.7 Å². The molecule has 1 saturated heterocycles. The molecule has 1 heterocycles. The van der Waals surface area contributed by atoms with E-state index in [0.29, 0.717) is 6.04 Å². The van der Waals surface area contributed by atoms with E-state index in [1.807, 2.05) is 0 Å². The zero-order chi connectivity index (χ0) is 7.40. The van der Waals surface area contributed by atoms with Crippen LogP contribution in [0.5, 0.6) is 0 Å². The van der Waals surface area contributed by atoms with Gasteiger partial charge in [-0.3, -0.25) is 0 Å². The lowest BCUT2D eigenvalue weighted by Crippen LogP contribution is -2.41. The molecule has 3 nitrogen and oxygen atoms in total. The van der Waals surface area contributed by atoms with E-state index in [1.54, 1.807) is 0 Å². The highest BCUT2D eigenvalue weighted by molar-refractivity contribution is 4.76. The number of hydrogen-bond donors (Lipinski definition) is 2. The number of rotatable bonds is 2. The fourth-order valence-electron chi connectivity index (χ4n) is 1.40. The molecule has 0 unspecified atom stereocenters. The van der Waals surface area contributed by atoms with Crippen molar-refractivity contribution in [1.82, 2.24) is 5.32 Å². The van der Waals surface area contributed by atoms with Crippen LogP contribution < -0.4 is 11.2 Å². The monoisotopic (exact) mass is 144 g/mol. The molecule has 3 heteroatoms. The van der Waals surface area contributed by atoms with Gasteiger partial charge < -0.3 is 10.2 Å². The van der Waals surface area contributed by atoms with Crippen LogP contribution in [0.25, 0.3) is 0 Å². The summed E-state index contributed by atoms with van der Waals surface area (Å²) in [5.74, 6) is 5.09. The van der Waals surface area contributed by atoms with Gasteiger partial charge in [0, 0.05) is 6.04 Å². The maximum Gasteiger partial charge on any atom is 0.0814 e. The molecule has 0 aromatic carbocycles. The summed E-state index contributed by atoms with van der Waals surface area (Å²) < 4.78 is 0. The molecule has 1 fully saturated rings. The first-order valence-corrected chi connectivity index (χ1v) is 3.95. The first-order valence-electron chi connectivity index (χ1n) is 3.95. The molecule has 1 rings (SSSR count). The lowest BCUT2D eigenvalue weighted by atomic mass is 10.0. The predicted octanol–water partition coefficient (Wildman–Crippen LogP) is 0.407. The van der Waals surface area contributed by atoms with Gasteiger partial charge in [0.25, 0.3) is 0 Å². The van der Waals surface area contributed by atoms with E-state index >= 15 is 0 Å². The second kappa shape index (κ2) is 3.91. The van der Waals surface area contributed by atoms with E-state index in [1.165, 1.54) is 6.42 Å². The minimum atomic E-state index is 0.284. The van der Waals surface area contributed by atoms with Crippen molar-refractivity contribution in [2.24, 2.45) is 5.90 Å². The third-order valence-corrected chi connectivity index (χ3v) is 2.13. The van der Waals surface area contributed by atoms with E-state index in [-0.39, 0.29) is 6.10 Å². The third kappa shape index (κ3) is 1.94. The van der Waals surface area contributed by atoms with Gasteiger partial charge in [-0.05, 0) is 25.8 Å². The summed E-state index contributed by atoms with van der Waals surface area (Å²) in [5.41, 5.74) is 0. The Balaban J connectivity index is 2.25. The molecular formula is C7H16N2O. The van der Waals surface area contributed by atoms with Gasteiger partial charge in [-0.25, -0.2) is 5.90 Å². The molecular weight excluding hydrogens is 128 g/mol. The summed E-state index contributed by atoms with van der Waals surface area (Å²) in [7, 11) is 0. The number of hydrogen-bond acceptors (Lipinski definition) is 3. The molecule has 0 amide bonds. The van der Waals surface area contributed by atoms with E-state index in [0.717, 1.165) is 19.4 Å². The average Bonchev–Trinajstić information content (AvgIpc) is 2.05. The minimum absolute atomic E-state index is 0.284. The lowest BCUT2D eigenvalue weighted by Gasteiger charge is -2.27. The van der Waals surface area contributed by atoms with Gasteiger partial charge in [0.2, 0.25) is 0 Å². The quantitative estimate of drug-likeness (QED) is 0.552. The smallest absolute Gasteiger partial charge is 0.0814 e. The van der Waals surface area contributed by atoms with Gasteiger partial charge in [0.05, 0.1) is 6.10 Å². The maximum atomic E-state index is 5.09. The van der Waals surface area contributed by atoms with Crippen LogP contribution in [-0.4, -0.2) is 18.7 Å². The molecule has 60 valence electrons. The van der Waals surface area contributed by atoms with E-state index < -0.39 is 0 Å². The van der Waals surface area contributed by atoms with Gasteiger partial charge >= 0.3 is 0 Å². The fourth-order valence-corrected chi connectivity index (χ4v) is 1.40. The molecule has 0 radical (unpaired) electrons. The van der Waals surface area contributed by atoms with Gasteiger partial charge in [-0.1, -0.05) is 6.92 Å². The zero-order valence-electron chi connectivity index (χ0n) is 6.47. The standard InChI is InChI=1S/C7H16N2O/c1-2-6-5-7(10-8)3-4-9-6/h6-7,9H,2-5,8H2,1H3/t6-,7+/m1/s1. The van der Waals surface area contributed by atoms with Crippen molar-refractivity contribution in [2.75, 3.05) is 6.54 Å². The minimum Gasteiger partial charge on any atom is -0.314 e. The Kier molecular flexibility index (Phi) is 3.12. The maximum absolute atomic E-state index is 5.09. The Morgan fingerprint density at radius 3 is 3.10 bits per heavy atom. The van der Waals surface area contributed by atoms with Crippen molar-refractivity contribution >= 4 is 0 Å². The topological polar surface area (TPSA) is 47.3 Å². The molecule has 2 atom stereocenters. The number of nitrogens with two attached hydrogens (primary N) is 1. The molecule has 0 bridgehead atoms. The van der Waals surface area contributed by atoms with Crippen LogP contribution in [-0.2, 0) is 4.84 Å². The highest BCUT2D eigenvalue weighted by atomic mass is 16.6. The van der Waals surface area contributed by atoms with Crippen molar-refractivity contribution in [1.29, 1.82) is 0 Å². The van der Waals surface area contributed by atoms with Crippen molar-refractivity contribution in [3.8, 4) is 0 Å². The third-order valence-electron chi connectivity index (χ3n) is 2.13. The average molecular weight is 144 g/mol. The van der Waals surface area contributed by atoms with Gasteiger partial charge in [-0.15, -0.1) is 0 Å². The first kappa shape index (κ1) is 7.98. The molecule has 0 aromatic rings. The van der Waals surface area contributed by atoms with Crippen molar-refractivity contribution < 1.29 is 4.84 Å². The summed E-state index contributed by atoms with van der Waals surface area (Å²) in [5, 5.41) is 3.40. The Bertz CT molecular complexity index is 87.6.